The molecule has 0 N–H and O–H groups in total. The van der Waals surface area contributed by atoms with Crippen molar-refractivity contribution in [2.24, 2.45) is 0 Å². The van der Waals surface area contributed by atoms with Gasteiger partial charge in [-0.3, -0.25) is 9.97 Å². The van der Waals surface area contributed by atoms with E-state index in [-0.39, 0.29) is 0 Å². The quantitative estimate of drug-likeness (QED) is 0.161. The lowest BCUT2D eigenvalue weighted by Crippen LogP contribution is -2.33. The molecule has 3 aliphatic rings. The van der Waals surface area contributed by atoms with Crippen LogP contribution in [0.4, 0.5) is 28.4 Å². The Morgan fingerprint density at radius 1 is 0.402 bits per heavy atom. The van der Waals surface area contributed by atoms with Gasteiger partial charge in [0.05, 0.1) is 133 Å². The molecule has 1 spiro atoms. The second kappa shape index (κ2) is 17.9. The zero-order valence-corrected chi connectivity index (χ0v) is 46.5. The van der Waals surface area contributed by atoms with Crippen LogP contribution in [0, 0.1) is 35.8 Å². The normalized spacial score (nSPS) is 14.2. The van der Waals surface area contributed by atoms with E-state index < -0.39 is 5.41 Å². The maximum absolute atomic E-state index is 10.3. The van der Waals surface area contributed by atoms with Crippen LogP contribution in [-0.2, 0) is 5.41 Å². The van der Waals surface area contributed by atoms with Gasteiger partial charge in [0.15, 0.2) is 22.9 Å². The van der Waals surface area contributed by atoms with Crippen molar-refractivity contribution in [1.82, 2.24) is 23.7 Å². The van der Waals surface area contributed by atoms with E-state index in [1.165, 1.54) is 0 Å². The van der Waals surface area contributed by atoms with Gasteiger partial charge in [-0.1, -0.05) is 115 Å². The van der Waals surface area contributed by atoms with Crippen molar-refractivity contribution in [2.45, 2.75) is 15.2 Å². The summed E-state index contributed by atoms with van der Waals surface area (Å²) in [7, 11) is 0. The zero-order valence-electron chi connectivity index (χ0n) is 45.7. The Balaban J connectivity index is 1.00. The van der Waals surface area contributed by atoms with E-state index >= 15 is 0 Å². The molecule has 12 heteroatoms. The van der Waals surface area contributed by atoms with Crippen LogP contribution in [0.5, 0.6) is 11.5 Å². The number of benzene rings is 10. The monoisotopic (exact) mass is 1130 g/mol. The Kier molecular flexibility index (Phi) is 9.95. The maximum atomic E-state index is 10.3. The first-order valence-electron chi connectivity index (χ1n) is 28.3. The third-order valence-electron chi connectivity index (χ3n) is 17.8. The van der Waals surface area contributed by atoms with Crippen molar-refractivity contribution in [2.75, 3.05) is 4.90 Å². The summed E-state index contributed by atoms with van der Waals surface area (Å²) in [6.07, 6.45) is 3.89. The molecule has 0 bridgehead atoms. The summed E-state index contributed by atoms with van der Waals surface area (Å²) in [5, 5.41) is 26.4. The second-order valence-corrected chi connectivity index (χ2v) is 23.2. The van der Waals surface area contributed by atoms with E-state index in [1.54, 1.807) is 11.8 Å². The van der Waals surface area contributed by atoms with E-state index in [0.29, 0.717) is 45.4 Å². The topological polar surface area (TPSA) is 109 Å². The number of rotatable bonds is 4. The molecule has 1 unspecified atom stereocenters. The van der Waals surface area contributed by atoms with Gasteiger partial charge in [0.2, 0.25) is 0 Å². The van der Waals surface area contributed by atoms with Crippen molar-refractivity contribution < 1.29 is 4.74 Å². The molecular formula is C75H38N10OS. The molecule has 2 aliphatic heterocycles. The van der Waals surface area contributed by atoms with Crippen LogP contribution in [0.25, 0.3) is 104 Å². The van der Waals surface area contributed by atoms with Gasteiger partial charge in [0.1, 0.15) is 0 Å². The number of hydrogen-bond donors (Lipinski definition) is 0. The summed E-state index contributed by atoms with van der Waals surface area (Å²) in [5.41, 5.74) is 16.7. The van der Waals surface area contributed by atoms with Crippen LogP contribution < -0.4 is 9.64 Å². The molecule has 0 fully saturated rings. The molecule has 1 aliphatic carbocycles. The molecule has 5 aromatic heterocycles. The fourth-order valence-corrected chi connectivity index (χ4v) is 15.4. The van der Waals surface area contributed by atoms with E-state index in [9.17, 15) is 10.5 Å². The lowest BCUT2D eigenvalue weighted by atomic mass is 9.66. The predicted octanol–water partition coefficient (Wildman–Crippen LogP) is 19.0. The average Bonchev–Trinajstić information content (AvgIpc) is 1.59. The largest absolute Gasteiger partial charge is 0.452 e. The van der Waals surface area contributed by atoms with Crippen LogP contribution in [0.15, 0.2) is 241 Å². The highest BCUT2D eigenvalue weighted by Crippen LogP contribution is 2.66. The van der Waals surface area contributed by atoms with Gasteiger partial charge in [-0.05, 0) is 121 Å². The van der Waals surface area contributed by atoms with Crippen molar-refractivity contribution in [3.63, 3.8) is 0 Å². The third-order valence-corrected chi connectivity index (χ3v) is 18.9. The summed E-state index contributed by atoms with van der Waals surface area (Å²) in [6.45, 7) is 16.1. The van der Waals surface area contributed by atoms with Crippen LogP contribution in [0.1, 0.15) is 33.4 Å². The Hall–Kier alpha value is -12.2. The third kappa shape index (κ3) is 6.51. The van der Waals surface area contributed by atoms with E-state index in [2.05, 4.69) is 156 Å². The Labute approximate surface area is 500 Å². The second-order valence-electron chi connectivity index (χ2n) is 22.1. The van der Waals surface area contributed by atoms with Crippen LogP contribution in [0.3, 0.4) is 0 Å². The van der Waals surface area contributed by atoms with Gasteiger partial charge < -0.3 is 23.3 Å². The number of para-hydroxylation sites is 6. The number of nitriles is 2. The molecule has 0 radical (unpaired) electrons. The first kappa shape index (κ1) is 48.4. The molecule has 18 rings (SSSR count). The van der Waals surface area contributed by atoms with E-state index in [1.807, 2.05) is 116 Å². The number of fused-ring (bicyclic) bond motifs is 20. The van der Waals surface area contributed by atoms with Gasteiger partial charge in [0, 0.05) is 59.0 Å². The molecule has 0 saturated carbocycles. The SMILES string of the molecule is [C-]#[N+]c1ccc2c(c1)Sc1ccccc1N2c1cccc2c1Oc1c(-n3c4ccccc4c4cc(C#N)ccc43)cccc1C21c2cc(-n3c4ccccc4c4cc(C#N)ccc43)cnc2-c2ncc(-n3c4ccccc4c4cc([N+]#[C-])ccc43)cc21. The summed E-state index contributed by atoms with van der Waals surface area (Å²) in [5.74, 6) is 1.23. The van der Waals surface area contributed by atoms with Crippen LogP contribution >= 0.6 is 11.8 Å². The Bertz CT molecular complexity index is 5640. The number of aromatic nitrogens is 5. The van der Waals surface area contributed by atoms with Crippen LogP contribution in [0.2, 0.25) is 0 Å². The smallest absolute Gasteiger partial charge is 0.188 e. The number of nitrogens with zero attached hydrogens (tertiary/aromatic N) is 10. The zero-order chi connectivity index (χ0) is 57.8. The molecule has 1 atom stereocenters. The first-order chi connectivity index (χ1) is 42.9. The summed E-state index contributed by atoms with van der Waals surface area (Å²) >= 11 is 1.65. The minimum Gasteiger partial charge on any atom is -0.452 e. The van der Waals surface area contributed by atoms with Gasteiger partial charge in [0.25, 0.3) is 0 Å². The molecule has 0 amide bonds. The van der Waals surface area contributed by atoms with Crippen LogP contribution in [-0.4, -0.2) is 23.7 Å². The summed E-state index contributed by atoms with van der Waals surface area (Å²) in [4.78, 5) is 23.2. The molecule has 11 nitrogen and oxygen atoms in total. The van der Waals surface area contributed by atoms with Gasteiger partial charge >= 0.3 is 0 Å². The van der Waals surface area contributed by atoms with Crippen molar-refractivity contribution >= 4 is 106 Å². The molecular weight excluding hydrogens is 1090 g/mol. The minimum atomic E-state index is -1.22. The molecule has 15 aromatic rings. The fourth-order valence-electron chi connectivity index (χ4n) is 14.3. The Morgan fingerprint density at radius 2 is 0.862 bits per heavy atom. The average molecular weight is 1130 g/mol. The fraction of sp³-hybridized carbons (Fsp3) is 0.0133. The summed E-state index contributed by atoms with van der Waals surface area (Å²) in [6, 6.07) is 79.1. The molecule has 10 aromatic carbocycles. The lowest BCUT2D eigenvalue weighted by molar-refractivity contribution is 0.435. The molecule has 0 saturated heterocycles. The minimum absolute atomic E-state index is 0.548. The van der Waals surface area contributed by atoms with E-state index in [4.69, 9.17) is 27.8 Å². The van der Waals surface area contributed by atoms with Crippen molar-refractivity contribution in [3.05, 3.63) is 287 Å². The standard InChI is InChI=1S/C75H38N10OS/c1-78-45-27-31-63-54(35-45)51-15-4-7-19-60(51)83(63)48-38-58-72(81-42-48)71-57(37-47(41-80-71)82-59-18-6-3-13-49(59)52-33-43(39-76)25-29-62(52)82)75(58)55-16-11-22-67(84-61-20-8-5-14-50(61)53-34-44(40-77)26-30-64(53)84)73(55)86-74-56(75)17-12-23-68(74)85-65-21-9-10-24-69(65)87-70-36-46(79-2)28-32-66(70)85/h3-38,41-42H. The number of anilines is 3. The van der Waals surface area contributed by atoms with Gasteiger partial charge in [-0.2, -0.15) is 10.5 Å². The number of pyridine rings is 2. The Morgan fingerprint density at radius 3 is 1.46 bits per heavy atom. The molecule has 400 valence electrons. The lowest BCUT2D eigenvalue weighted by Gasteiger charge is -2.42. The summed E-state index contributed by atoms with van der Waals surface area (Å²) < 4.78 is 14.7. The highest BCUT2D eigenvalue weighted by Gasteiger charge is 2.54. The highest BCUT2D eigenvalue weighted by molar-refractivity contribution is 7.99. The number of hydrogen-bond acceptors (Lipinski definition) is 7. The predicted molar refractivity (Wildman–Crippen MR) is 343 cm³/mol. The van der Waals surface area contributed by atoms with Crippen molar-refractivity contribution in [3.8, 4) is 52.1 Å². The highest BCUT2D eigenvalue weighted by atomic mass is 32.2. The maximum Gasteiger partial charge on any atom is 0.188 e. The first-order valence-corrected chi connectivity index (χ1v) is 29.1. The molecule has 7 heterocycles. The van der Waals surface area contributed by atoms with Gasteiger partial charge in [-0.15, -0.1) is 0 Å². The van der Waals surface area contributed by atoms with E-state index in [0.717, 1.165) is 132 Å². The molecule has 87 heavy (non-hydrogen) atoms. The van der Waals surface area contributed by atoms with Gasteiger partial charge in [-0.25, -0.2) is 9.69 Å². The van der Waals surface area contributed by atoms with Crippen molar-refractivity contribution in [1.29, 1.82) is 10.5 Å². The number of ether oxygens (including phenoxy) is 1.